The molecule has 0 bridgehead atoms. The highest BCUT2D eigenvalue weighted by molar-refractivity contribution is 6.06. The number of carbonyl (C=O) groups is 1. The van der Waals surface area contributed by atoms with E-state index in [-0.39, 0.29) is 5.91 Å². The number of carbonyl (C=O) groups excluding carboxylic acids is 1. The first kappa shape index (κ1) is 15.0. The molecule has 0 aromatic heterocycles. The van der Waals surface area contributed by atoms with Crippen molar-refractivity contribution in [3.63, 3.8) is 0 Å². The molecule has 0 saturated heterocycles. The van der Waals surface area contributed by atoms with Gasteiger partial charge in [-0.25, -0.2) is 0 Å². The van der Waals surface area contributed by atoms with Crippen LogP contribution in [0.25, 0.3) is 11.1 Å². The summed E-state index contributed by atoms with van der Waals surface area (Å²) in [6.45, 7) is 2.02. The van der Waals surface area contributed by atoms with Gasteiger partial charge in [0, 0.05) is 18.3 Å². The lowest BCUT2D eigenvalue weighted by Crippen LogP contribution is -2.26. The van der Waals surface area contributed by atoms with Crippen LogP contribution in [0.15, 0.2) is 78.9 Å². The summed E-state index contributed by atoms with van der Waals surface area (Å²) in [7, 11) is 1.81. The summed E-state index contributed by atoms with van der Waals surface area (Å²) < 4.78 is 0. The molecule has 0 radical (unpaired) electrons. The molecule has 2 heteroatoms. The van der Waals surface area contributed by atoms with Crippen LogP contribution in [0.3, 0.4) is 0 Å². The van der Waals surface area contributed by atoms with Crippen molar-refractivity contribution >= 4 is 11.6 Å². The first-order valence-electron chi connectivity index (χ1n) is 7.65. The van der Waals surface area contributed by atoms with Gasteiger partial charge in [0.1, 0.15) is 0 Å². The summed E-state index contributed by atoms with van der Waals surface area (Å²) in [4.78, 5) is 14.3. The number of hydrogen-bond acceptors (Lipinski definition) is 1. The molecule has 0 saturated carbocycles. The number of amides is 1. The van der Waals surface area contributed by atoms with Gasteiger partial charge in [-0.3, -0.25) is 4.79 Å². The van der Waals surface area contributed by atoms with Gasteiger partial charge in [0.15, 0.2) is 0 Å². The fourth-order valence-corrected chi connectivity index (χ4v) is 2.58. The highest BCUT2D eigenvalue weighted by Crippen LogP contribution is 2.21. The Kier molecular flexibility index (Phi) is 4.24. The molecule has 3 aromatic rings. The molecule has 2 nitrogen and oxygen atoms in total. The second kappa shape index (κ2) is 6.49. The maximum atomic E-state index is 12.6. The molecule has 1 amide bonds. The van der Waals surface area contributed by atoms with Crippen LogP contribution in [0.5, 0.6) is 0 Å². The second-order valence-electron chi connectivity index (χ2n) is 5.65. The average Bonchev–Trinajstić information content (AvgIpc) is 2.61. The van der Waals surface area contributed by atoms with Crippen LogP contribution in [0, 0.1) is 6.92 Å². The van der Waals surface area contributed by atoms with Gasteiger partial charge in [-0.1, -0.05) is 54.6 Å². The fourth-order valence-electron chi connectivity index (χ4n) is 2.58. The molecule has 0 spiro atoms. The third-order valence-electron chi connectivity index (χ3n) is 3.93. The van der Waals surface area contributed by atoms with Gasteiger partial charge < -0.3 is 4.90 Å². The zero-order valence-corrected chi connectivity index (χ0v) is 13.4. The van der Waals surface area contributed by atoms with E-state index in [1.54, 1.807) is 4.90 Å². The van der Waals surface area contributed by atoms with Gasteiger partial charge in [0.2, 0.25) is 0 Å². The molecule has 0 aliphatic rings. The first-order chi connectivity index (χ1) is 11.1. The Morgan fingerprint density at radius 1 is 0.783 bits per heavy atom. The van der Waals surface area contributed by atoms with Crippen LogP contribution in [0.1, 0.15) is 15.9 Å². The van der Waals surface area contributed by atoms with Crippen LogP contribution in [0.2, 0.25) is 0 Å². The average molecular weight is 301 g/mol. The molecule has 0 unspecified atom stereocenters. The Morgan fingerprint density at radius 2 is 1.43 bits per heavy atom. The molecule has 0 fully saturated rings. The molecule has 0 heterocycles. The van der Waals surface area contributed by atoms with Crippen LogP contribution in [-0.4, -0.2) is 13.0 Å². The molecule has 23 heavy (non-hydrogen) atoms. The van der Waals surface area contributed by atoms with Gasteiger partial charge in [0.25, 0.3) is 5.91 Å². The summed E-state index contributed by atoms with van der Waals surface area (Å²) in [6, 6.07) is 25.9. The standard InChI is InChI=1S/C21H19NO/c1-16-7-6-10-20(15-16)22(2)21(23)19-13-11-18(12-14-19)17-8-4-3-5-9-17/h3-15H,1-2H3. The summed E-state index contributed by atoms with van der Waals surface area (Å²) in [6.07, 6.45) is 0. The maximum Gasteiger partial charge on any atom is 0.258 e. The first-order valence-corrected chi connectivity index (χ1v) is 7.65. The third-order valence-corrected chi connectivity index (χ3v) is 3.93. The smallest absolute Gasteiger partial charge is 0.258 e. The number of aryl methyl sites for hydroxylation is 1. The van der Waals surface area contributed by atoms with Crippen LogP contribution >= 0.6 is 0 Å². The maximum absolute atomic E-state index is 12.6. The lowest BCUT2D eigenvalue weighted by atomic mass is 10.0. The molecule has 0 atom stereocenters. The predicted molar refractivity (Wildman–Crippen MR) is 95.8 cm³/mol. The van der Waals surface area contributed by atoms with E-state index in [9.17, 15) is 4.79 Å². The number of hydrogen-bond donors (Lipinski definition) is 0. The minimum atomic E-state index is -0.00443. The van der Waals surface area contributed by atoms with Gasteiger partial charge in [-0.05, 0) is 47.9 Å². The number of nitrogens with zero attached hydrogens (tertiary/aromatic N) is 1. The van der Waals surface area contributed by atoms with Crippen molar-refractivity contribution in [1.29, 1.82) is 0 Å². The zero-order valence-electron chi connectivity index (χ0n) is 13.4. The van der Waals surface area contributed by atoms with Gasteiger partial charge in [-0.15, -0.1) is 0 Å². The molecule has 0 aliphatic carbocycles. The Hall–Kier alpha value is -2.87. The molecule has 3 aromatic carbocycles. The van der Waals surface area contributed by atoms with E-state index in [1.807, 2.05) is 80.7 Å². The van der Waals surface area contributed by atoms with E-state index in [0.717, 1.165) is 22.4 Å². The topological polar surface area (TPSA) is 20.3 Å². The van der Waals surface area contributed by atoms with Crippen molar-refractivity contribution in [3.05, 3.63) is 90.0 Å². The highest BCUT2D eigenvalue weighted by Gasteiger charge is 2.13. The van der Waals surface area contributed by atoms with Crippen molar-refractivity contribution in [2.24, 2.45) is 0 Å². The Bertz CT molecular complexity index is 807. The van der Waals surface area contributed by atoms with Crippen molar-refractivity contribution < 1.29 is 4.79 Å². The summed E-state index contributed by atoms with van der Waals surface area (Å²) in [5.74, 6) is -0.00443. The van der Waals surface area contributed by atoms with E-state index in [1.165, 1.54) is 0 Å². The second-order valence-corrected chi connectivity index (χ2v) is 5.65. The van der Waals surface area contributed by atoms with Crippen LogP contribution in [0.4, 0.5) is 5.69 Å². The Balaban J connectivity index is 1.83. The Morgan fingerprint density at radius 3 is 2.09 bits per heavy atom. The van der Waals surface area contributed by atoms with Crippen LogP contribution < -0.4 is 4.90 Å². The van der Waals surface area contributed by atoms with E-state index in [2.05, 4.69) is 12.1 Å². The van der Waals surface area contributed by atoms with Crippen LogP contribution in [-0.2, 0) is 0 Å². The van der Waals surface area contributed by atoms with Crippen molar-refractivity contribution in [2.45, 2.75) is 6.92 Å². The van der Waals surface area contributed by atoms with E-state index in [0.29, 0.717) is 5.56 Å². The summed E-state index contributed by atoms with van der Waals surface area (Å²) in [5, 5.41) is 0. The van der Waals surface area contributed by atoms with Crippen molar-refractivity contribution in [1.82, 2.24) is 0 Å². The van der Waals surface area contributed by atoms with Crippen molar-refractivity contribution in [3.8, 4) is 11.1 Å². The molecule has 0 N–H and O–H groups in total. The van der Waals surface area contributed by atoms with E-state index < -0.39 is 0 Å². The Labute approximate surface area is 137 Å². The number of rotatable bonds is 3. The lowest BCUT2D eigenvalue weighted by Gasteiger charge is -2.18. The zero-order chi connectivity index (χ0) is 16.2. The predicted octanol–water partition coefficient (Wildman–Crippen LogP) is 4.94. The third kappa shape index (κ3) is 3.32. The normalized spacial score (nSPS) is 10.3. The van der Waals surface area contributed by atoms with E-state index in [4.69, 9.17) is 0 Å². The van der Waals surface area contributed by atoms with Gasteiger partial charge in [0.05, 0.1) is 0 Å². The summed E-state index contributed by atoms with van der Waals surface area (Å²) in [5.41, 5.74) is 5.00. The molecular formula is C21H19NO. The SMILES string of the molecule is Cc1cccc(N(C)C(=O)c2ccc(-c3ccccc3)cc2)c1. The number of benzene rings is 3. The quantitative estimate of drug-likeness (QED) is 0.671. The minimum absolute atomic E-state index is 0.00443. The number of anilines is 1. The largest absolute Gasteiger partial charge is 0.311 e. The molecular weight excluding hydrogens is 282 g/mol. The minimum Gasteiger partial charge on any atom is -0.311 e. The lowest BCUT2D eigenvalue weighted by molar-refractivity contribution is 0.0993. The van der Waals surface area contributed by atoms with Gasteiger partial charge in [-0.2, -0.15) is 0 Å². The van der Waals surface area contributed by atoms with E-state index >= 15 is 0 Å². The highest BCUT2D eigenvalue weighted by atomic mass is 16.2. The molecule has 3 rings (SSSR count). The molecule has 0 aliphatic heterocycles. The molecule has 114 valence electrons. The fraction of sp³-hybridized carbons (Fsp3) is 0.0952. The summed E-state index contributed by atoms with van der Waals surface area (Å²) >= 11 is 0. The monoisotopic (exact) mass is 301 g/mol. The van der Waals surface area contributed by atoms with Crippen molar-refractivity contribution in [2.75, 3.05) is 11.9 Å². The van der Waals surface area contributed by atoms with Gasteiger partial charge >= 0.3 is 0 Å².